The number of nitrogens with zero attached hydrogens (tertiary/aromatic N) is 1. The van der Waals surface area contributed by atoms with Crippen LogP contribution in [0.2, 0.25) is 5.02 Å². The second-order valence-corrected chi connectivity index (χ2v) is 4.62. The van der Waals surface area contributed by atoms with Gasteiger partial charge in [-0.3, -0.25) is 0 Å². The minimum Gasteiger partial charge on any atom is -0.384 e. The molecule has 0 fully saturated rings. The largest absolute Gasteiger partial charge is 0.384 e. The molecule has 1 aromatic heterocycles. The Bertz CT molecular complexity index is 723. The van der Waals surface area contributed by atoms with E-state index in [0.717, 1.165) is 26.9 Å². The molecule has 2 N–H and O–H groups in total. The summed E-state index contributed by atoms with van der Waals surface area (Å²) in [6, 6.07) is 15.9. The third kappa shape index (κ3) is 2.03. The lowest BCUT2D eigenvalue weighted by Gasteiger charge is -2.05. The van der Waals surface area contributed by atoms with Crippen LogP contribution in [-0.4, -0.2) is 4.98 Å². The summed E-state index contributed by atoms with van der Waals surface area (Å²) in [4.78, 5) is 4.11. The van der Waals surface area contributed by atoms with Crippen LogP contribution < -0.4 is 5.73 Å². The van der Waals surface area contributed by atoms with Crippen molar-refractivity contribution >= 4 is 28.2 Å². The quantitative estimate of drug-likeness (QED) is 0.709. The van der Waals surface area contributed by atoms with Gasteiger partial charge in [0.25, 0.3) is 0 Å². The van der Waals surface area contributed by atoms with Crippen molar-refractivity contribution in [1.29, 1.82) is 0 Å². The highest BCUT2D eigenvalue weighted by atomic mass is 35.5. The third-order valence-corrected chi connectivity index (χ3v) is 3.14. The van der Waals surface area contributed by atoms with Crippen LogP contribution in [0.4, 0.5) is 5.82 Å². The predicted molar refractivity (Wildman–Crippen MR) is 76.6 cm³/mol. The van der Waals surface area contributed by atoms with Crippen molar-refractivity contribution in [2.75, 3.05) is 5.73 Å². The van der Waals surface area contributed by atoms with E-state index < -0.39 is 0 Å². The molecule has 88 valence electrons. The number of fused-ring (bicyclic) bond motifs is 1. The summed E-state index contributed by atoms with van der Waals surface area (Å²) in [6.07, 6.45) is 1.79. The fourth-order valence-corrected chi connectivity index (χ4v) is 2.20. The van der Waals surface area contributed by atoms with Crippen molar-refractivity contribution < 1.29 is 0 Å². The number of nitrogens with two attached hydrogens (primary N) is 1. The predicted octanol–water partition coefficient (Wildman–Crippen LogP) is 4.14. The lowest BCUT2D eigenvalue weighted by molar-refractivity contribution is 1.37. The van der Waals surface area contributed by atoms with Crippen molar-refractivity contribution in [3.63, 3.8) is 0 Å². The number of anilines is 1. The van der Waals surface area contributed by atoms with Crippen LogP contribution in [0.1, 0.15) is 0 Å². The van der Waals surface area contributed by atoms with Crippen LogP contribution in [0.25, 0.3) is 21.9 Å². The lowest BCUT2D eigenvalue weighted by atomic mass is 10.0. The van der Waals surface area contributed by atoms with E-state index >= 15 is 0 Å². The number of benzene rings is 2. The Labute approximate surface area is 110 Å². The molecule has 0 bridgehead atoms. The normalized spacial score (nSPS) is 10.7. The van der Waals surface area contributed by atoms with Crippen molar-refractivity contribution in [3.05, 3.63) is 59.8 Å². The summed E-state index contributed by atoms with van der Waals surface area (Å²) in [5, 5.41) is 2.90. The maximum atomic E-state index is 6.00. The molecule has 2 aromatic carbocycles. The average Bonchev–Trinajstić information content (AvgIpc) is 2.38. The molecule has 18 heavy (non-hydrogen) atoms. The van der Waals surface area contributed by atoms with E-state index in [4.69, 9.17) is 17.3 Å². The lowest BCUT2D eigenvalue weighted by Crippen LogP contribution is -1.88. The summed E-state index contributed by atoms with van der Waals surface area (Å²) in [5.41, 5.74) is 7.88. The van der Waals surface area contributed by atoms with E-state index in [1.807, 2.05) is 36.4 Å². The van der Waals surface area contributed by atoms with Crippen LogP contribution in [0.5, 0.6) is 0 Å². The number of hydrogen-bond acceptors (Lipinski definition) is 2. The van der Waals surface area contributed by atoms with Gasteiger partial charge in [0, 0.05) is 16.6 Å². The second kappa shape index (κ2) is 4.31. The first-order chi connectivity index (χ1) is 8.72. The summed E-state index contributed by atoms with van der Waals surface area (Å²) in [7, 11) is 0. The highest BCUT2D eigenvalue weighted by Gasteiger charge is 2.01. The summed E-state index contributed by atoms with van der Waals surface area (Å²) >= 11 is 6.00. The number of rotatable bonds is 1. The van der Waals surface area contributed by atoms with Crippen molar-refractivity contribution in [2.45, 2.75) is 0 Å². The molecule has 0 saturated carbocycles. The molecule has 0 unspecified atom stereocenters. The zero-order valence-corrected chi connectivity index (χ0v) is 10.4. The molecule has 0 aliphatic heterocycles. The van der Waals surface area contributed by atoms with E-state index in [9.17, 15) is 0 Å². The van der Waals surface area contributed by atoms with Crippen LogP contribution in [0.15, 0.2) is 54.7 Å². The first kappa shape index (κ1) is 11.1. The molecule has 3 aromatic rings. The van der Waals surface area contributed by atoms with Crippen LogP contribution >= 0.6 is 11.6 Å². The van der Waals surface area contributed by atoms with E-state index in [0.29, 0.717) is 5.82 Å². The molecule has 3 heteroatoms. The number of aromatic nitrogens is 1. The van der Waals surface area contributed by atoms with Gasteiger partial charge in [-0.25, -0.2) is 4.98 Å². The number of pyridine rings is 1. The molecule has 0 aliphatic rings. The molecule has 0 atom stereocenters. The van der Waals surface area contributed by atoms with Gasteiger partial charge in [0.1, 0.15) is 5.82 Å². The van der Waals surface area contributed by atoms with Gasteiger partial charge in [0.15, 0.2) is 0 Å². The molecule has 0 amide bonds. The van der Waals surface area contributed by atoms with Gasteiger partial charge in [-0.2, -0.15) is 0 Å². The summed E-state index contributed by atoms with van der Waals surface area (Å²) in [5.74, 6) is 0.540. The van der Waals surface area contributed by atoms with Crippen LogP contribution in [-0.2, 0) is 0 Å². The molecular weight excluding hydrogens is 244 g/mol. The zero-order chi connectivity index (χ0) is 12.5. The molecule has 2 nitrogen and oxygen atoms in total. The van der Waals surface area contributed by atoms with E-state index in [2.05, 4.69) is 17.1 Å². The maximum Gasteiger partial charge on any atom is 0.123 e. The molecule has 1 heterocycles. The van der Waals surface area contributed by atoms with Gasteiger partial charge in [0.2, 0.25) is 0 Å². The number of nitrogen functional groups attached to an aromatic ring is 1. The summed E-state index contributed by atoms with van der Waals surface area (Å²) in [6.45, 7) is 0. The summed E-state index contributed by atoms with van der Waals surface area (Å²) < 4.78 is 0. The van der Waals surface area contributed by atoms with Gasteiger partial charge in [0.05, 0.1) is 0 Å². The van der Waals surface area contributed by atoms with Crippen molar-refractivity contribution in [3.8, 4) is 11.1 Å². The SMILES string of the molecule is Nc1cc2ccc(-c3cccc(Cl)c3)cc2cn1. The first-order valence-electron chi connectivity index (χ1n) is 5.63. The number of halogens is 1. The Morgan fingerprint density at radius 3 is 2.56 bits per heavy atom. The Hall–Kier alpha value is -2.06. The van der Waals surface area contributed by atoms with Gasteiger partial charge in [-0.05, 0) is 40.8 Å². The van der Waals surface area contributed by atoms with Crippen molar-refractivity contribution in [1.82, 2.24) is 4.98 Å². The Kier molecular flexibility index (Phi) is 2.65. The highest BCUT2D eigenvalue weighted by Crippen LogP contribution is 2.26. The minimum atomic E-state index is 0.540. The van der Waals surface area contributed by atoms with E-state index in [1.54, 1.807) is 6.20 Å². The van der Waals surface area contributed by atoms with E-state index in [-0.39, 0.29) is 0 Å². The smallest absolute Gasteiger partial charge is 0.123 e. The standard InChI is InChI=1S/C15H11ClN2/c16-14-3-1-2-10(7-14)11-4-5-12-8-15(17)18-9-13(12)6-11/h1-9H,(H2,17,18). The van der Waals surface area contributed by atoms with Gasteiger partial charge < -0.3 is 5.73 Å². The Morgan fingerprint density at radius 1 is 0.889 bits per heavy atom. The Morgan fingerprint density at radius 2 is 1.72 bits per heavy atom. The highest BCUT2D eigenvalue weighted by molar-refractivity contribution is 6.30. The third-order valence-electron chi connectivity index (χ3n) is 2.90. The molecule has 0 saturated heterocycles. The minimum absolute atomic E-state index is 0.540. The molecule has 0 aliphatic carbocycles. The molecular formula is C15H11ClN2. The second-order valence-electron chi connectivity index (χ2n) is 4.18. The maximum absolute atomic E-state index is 6.00. The molecule has 0 spiro atoms. The number of hydrogen-bond donors (Lipinski definition) is 1. The first-order valence-corrected chi connectivity index (χ1v) is 6.01. The molecule has 0 radical (unpaired) electrons. The van der Waals surface area contributed by atoms with Crippen LogP contribution in [0, 0.1) is 0 Å². The fraction of sp³-hybridized carbons (Fsp3) is 0. The van der Waals surface area contributed by atoms with Crippen LogP contribution in [0.3, 0.4) is 0 Å². The molecule has 3 rings (SSSR count). The topological polar surface area (TPSA) is 38.9 Å². The fourth-order valence-electron chi connectivity index (χ4n) is 2.01. The zero-order valence-electron chi connectivity index (χ0n) is 9.60. The van der Waals surface area contributed by atoms with Crippen molar-refractivity contribution in [2.24, 2.45) is 0 Å². The monoisotopic (exact) mass is 254 g/mol. The Balaban J connectivity index is 2.16. The van der Waals surface area contributed by atoms with Gasteiger partial charge >= 0.3 is 0 Å². The average molecular weight is 255 g/mol. The van der Waals surface area contributed by atoms with Gasteiger partial charge in [-0.1, -0.05) is 35.9 Å². The van der Waals surface area contributed by atoms with Gasteiger partial charge in [-0.15, -0.1) is 0 Å². The van der Waals surface area contributed by atoms with E-state index in [1.165, 1.54) is 0 Å².